The first kappa shape index (κ1) is 11.3. The maximum atomic E-state index is 12.3. The molecule has 0 spiro atoms. The molecule has 0 aromatic carbocycles. The Kier molecular flexibility index (Phi) is 3.78. The monoisotopic (exact) mass is 280 g/mol. The summed E-state index contributed by atoms with van der Waals surface area (Å²) in [7, 11) is 0. The van der Waals surface area contributed by atoms with Gasteiger partial charge in [-0.15, -0.1) is 0 Å². The number of nitrogens with zero attached hydrogens (tertiary/aromatic N) is 2. The van der Waals surface area contributed by atoms with Crippen LogP contribution in [-0.4, -0.2) is 4.98 Å². The number of alkyl halides is 2. The van der Waals surface area contributed by atoms with Gasteiger partial charge < -0.3 is 0 Å². The van der Waals surface area contributed by atoms with Gasteiger partial charge >= 0.3 is 0 Å². The third-order valence-corrected chi connectivity index (χ3v) is 2.88. The Morgan fingerprint density at radius 3 is 2.79 bits per heavy atom. The minimum Gasteiger partial charge on any atom is -0.249 e. The molecular formula is C8H4BrClF2N2. The third-order valence-electron chi connectivity index (χ3n) is 1.47. The number of pyridine rings is 1. The number of aromatic nitrogens is 1. The Morgan fingerprint density at radius 2 is 2.29 bits per heavy atom. The van der Waals surface area contributed by atoms with Crippen molar-refractivity contribution in [2.24, 2.45) is 0 Å². The second-order valence-corrected chi connectivity index (χ2v) is 3.63. The topological polar surface area (TPSA) is 36.7 Å². The molecule has 1 aromatic rings. The summed E-state index contributed by atoms with van der Waals surface area (Å²) in [5.74, 6) is 0. The number of hydrogen-bond donors (Lipinski definition) is 0. The van der Waals surface area contributed by atoms with Crippen LogP contribution < -0.4 is 0 Å². The predicted molar refractivity (Wildman–Crippen MR) is 51.2 cm³/mol. The first-order valence-corrected chi connectivity index (χ1v) is 4.73. The third kappa shape index (κ3) is 2.40. The highest BCUT2D eigenvalue weighted by Crippen LogP contribution is 2.29. The Morgan fingerprint density at radius 1 is 1.64 bits per heavy atom. The van der Waals surface area contributed by atoms with Crippen molar-refractivity contribution in [3.05, 3.63) is 26.9 Å². The van der Waals surface area contributed by atoms with Crippen LogP contribution in [0.1, 0.15) is 17.8 Å². The molecule has 0 radical (unpaired) electrons. The SMILES string of the molecule is N#CCc1nc(C(F)F)cc(Cl)c1Br. The van der Waals surface area contributed by atoms with Crippen molar-refractivity contribution in [1.82, 2.24) is 4.98 Å². The molecule has 0 aliphatic carbocycles. The lowest BCUT2D eigenvalue weighted by atomic mass is 10.2. The maximum Gasteiger partial charge on any atom is 0.280 e. The van der Waals surface area contributed by atoms with Crippen LogP contribution in [0.5, 0.6) is 0 Å². The summed E-state index contributed by atoms with van der Waals surface area (Å²) < 4.78 is 25.0. The largest absolute Gasteiger partial charge is 0.280 e. The quantitative estimate of drug-likeness (QED) is 0.832. The summed E-state index contributed by atoms with van der Waals surface area (Å²) in [6, 6.07) is 2.90. The summed E-state index contributed by atoms with van der Waals surface area (Å²) in [5.41, 5.74) is -0.182. The van der Waals surface area contributed by atoms with E-state index in [0.717, 1.165) is 6.07 Å². The fraction of sp³-hybridized carbons (Fsp3) is 0.250. The predicted octanol–water partition coefficient (Wildman–Crippen LogP) is 3.50. The Hall–Kier alpha value is -0.730. The molecule has 1 rings (SSSR count). The van der Waals surface area contributed by atoms with Crippen LogP contribution in [0.25, 0.3) is 0 Å². The van der Waals surface area contributed by atoms with Gasteiger partial charge in [0.2, 0.25) is 0 Å². The molecule has 0 bridgehead atoms. The van der Waals surface area contributed by atoms with Crippen LogP contribution >= 0.6 is 27.5 Å². The summed E-state index contributed by atoms with van der Waals surface area (Å²) in [5, 5.41) is 8.56. The first-order valence-electron chi connectivity index (χ1n) is 3.56. The molecule has 1 heterocycles. The minimum atomic E-state index is -2.68. The van der Waals surface area contributed by atoms with Crippen LogP contribution in [0.2, 0.25) is 5.02 Å². The van der Waals surface area contributed by atoms with Gasteiger partial charge in [0.05, 0.1) is 27.7 Å². The second-order valence-electron chi connectivity index (χ2n) is 2.43. The summed E-state index contributed by atoms with van der Waals surface area (Å²) >= 11 is 8.74. The van der Waals surface area contributed by atoms with Crippen LogP contribution in [0.3, 0.4) is 0 Å². The number of nitriles is 1. The van der Waals surface area contributed by atoms with Gasteiger partial charge in [-0.25, -0.2) is 13.8 Å². The molecule has 0 atom stereocenters. The van der Waals surface area contributed by atoms with Gasteiger partial charge in [0.15, 0.2) is 0 Å². The van der Waals surface area contributed by atoms with Crippen LogP contribution in [0, 0.1) is 11.3 Å². The van der Waals surface area contributed by atoms with Crippen molar-refractivity contribution in [1.29, 1.82) is 5.26 Å². The van der Waals surface area contributed by atoms with Crippen molar-refractivity contribution in [3.63, 3.8) is 0 Å². The summed E-state index contributed by atoms with van der Waals surface area (Å²) in [6.07, 6.45) is -2.74. The number of rotatable bonds is 2. The van der Waals surface area contributed by atoms with Crippen LogP contribution in [0.15, 0.2) is 10.5 Å². The average molecular weight is 281 g/mol. The highest BCUT2D eigenvalue weighted by molar-refractivity contribution is 9.10. The van der Waals surface area contributed by atoms with Crippen molar-refractivity contribution in [3.8, 4) is 6.07 Å². The van der Waals surface area contributed by atoms with E-state index in [1.54, 1.807) is 0 Å². The first-order chi connectivity index (χ1) is 6.56. The molecule has 0 aliphatic rings. The van der Waals surface area contributed by atoms with Crippen LogP contribution in [0.4, 0.5) is 8.78 Å². The highest BCUT2D eigenvalue weighted by Gasteiger charge is 2.14. The van der Waals surface area contributed by atoms with Gasteiger partial charge in [-0.3, -0.25) is 0 Å². The van der Waals surface area contributed by atoms with E-state index in [0.29, 0.717) is 4.47 Å². The normalized spacial score (nSPS) is 10.3. The highest BCUT2D eigenvalue weighted by atomic mass is 79.9. The van der Waals surface area contributed by atoms with Gasteiger partial charge in [-0.05, 0) is 22.0 Å². The van der Waals surface area contributed by atoms with E-state index < -0.39 is 12.1 Å². The van der Waals surface area contributed by atoms with Crippen molar-refractivity contribution >= 4 is 27.5 Å². The van der Waals surface area contributed by atoms with E-state index >= 15 is 0 Å². The molecule has 0 amide bonds. The van der Waals surface area contributed by atoms with Crippen LogP contribution in [-0.2, 0) is 6.42 Å². The summed E-state index contributed by atoms with van der Waals surface area (Å²) in [6.45, 7) is 0. The molecule has 2 nitrogen and oxygen atoms in total. The number of halogens is 4. The maximum absolute atomic E-state index is 12.3. The molecule has 74 valence electrons. The molecule has 0 fully saturated rings. The smallest absolute Gasteiger partial charge is 0.249 e. The molecule has 0 unspecified atom stereocenters. The van der Waals surface area contributed by atoms with Gasteiger partial charge in [0.1, 0.15) is 5.69 Å². The molecular weight excluding hydrogens is 277 g/mol. The Bertz CT molecular complexity index is 390. The van der Waals surface area contributed by atoms with E-state index in [9.17, 15) is 8.78 Å². The van der Waals surface area contributed by atoms with Gasteiger partial charge in [0, 0.05) is 0 Å². The molecule has 0 saturated carbocycles. The van der Waals surface area contributed by atoms with E-state index in [4.69, 9.17) is 16.9 Å². The molecule has 0 saturated heterocycles. The molecule has 0 aliphatic heterocycles. The zero-order chi connectivity index (χ0) is 10.7. The fourth-order valence-electron chi connectivity index (χ4n) is 0.872. The lowest BCUT2D eigenvalue weighted by molar-refractivity contribution is 0.146. The Labute approximate surface area is 92.6 Å². The standard InChI is InChI=1S/C8H4BrClF2N2/c9-7-4(10)3-6(8(11)12)14-5(7)1-2-13/h3,8H,1H2. The summed E-state index contributed by atoms with van der Waals surface area (Å²) in [4.78, 5) is 3.62. The molecule has 1 aromatic heterocycles. The van der Waals surface area contributed by atoms with E-state index in [2.05, 4.69) is 20.9 Å². The lowest BCUT2D eigenvalue weighted by Crippen LogP contribution is -1.97. The number of hydrogen-bond acceptors (Lipinski definition) is 2. The van der Waals surface area contributed by atoms with E-state index in [1.807, 2.05) is 6.07 Å². The minimum absolute atomic E-state index is 0.0547. The fourth-order valence-corrected chi connectivity index (χ4v) is 1.44. The zero-order valence-electron chi connectivity index (χ0n) is 6.77. The average Bonchev–Trinajstić information content (AvgIpc) is 2.12. The van der Waals surface area contributed by atoms with Gasteiger partial charge in [0.25, 0.3) is 6.43 Å². The zero-order valence-corrected chi connectivity index (χ0v) is 9.11. The van der Waals surface area contributed by atoms with E-state index in [-0.39, 0.29) is 17.1 Å². The van der Waals surface area contributed by atoms with Crippen molar-refractivity contribution in [2.75, 3.05) is 0 Å². The molecule has 6 heteroatoms. The lowest BCUT2D eigenvalue weighted by Gasteiger charge is -2.05. The van der Waals surface area contributed by atoms with Crippen molar-refractivity contribution in [2.45, 2.75) is 12.8 Å². The Balaban J connectivity index is 3.22. The second kappa shape index (κ2) is 4.67. The molecule has 14 heavy (non-hydrogen) atoms. The molecule has 0 N–H and O–H groups in total. The van der Waals surface area contributed by atoms with Gasteiger partial charge in [-0.2, -0.15) is 5.26 Å². The van der Waals surface area contributed by atoms with Crippen molar-refractivity contribution < 1.29 is 8.78 Å². The van der Waals surface area contributed by atoms with E-state index in [1.165, 1.54) is 0 Å². The van der Waals surface area contributed by atoms with Gasteiger partial charge in [-0.1, -0.05) is 11.6 Å².